The number of piperidine rings is 1. The van der Waals surface area contributed by atoms with Crippen molar-refractivity contribution in [2.45, 2.75) is 39.2 Å². The van der Waals surface area contributed by atoms with Crippen molar-refractivity contribution in [3.8, 4) is 0 Å². The van der Waals surface area contributed by atoms with Crippen LogP contribution >= 0.6 is 11.3 Å². The summed E-state index contributed by atoms with van der Waals surface area (Å²) in [4.78, 5) is 20.6. The average molecular weight is 399 g/mol. The van der Waals surface area contributed by atoms with Crippen LogP contribution in [0.25, 0.3) is 0 Å². The minimum Gasteiger partial charge on any atom is -0.357 e. The highest BCUT2D eigenvalue weighted by Crippen LogP contribution is 2.14. The molecule has 3 rings (SSSR count). The largest absolute Gasteiger partial charge is 0.357 e. The van der Waals surface area contributed by atoms with Gasteiger partial charge in [-0.25, -0.2) is 4.99 Å². The monoisotopic (exact) mass is 398 g/mol. The van der Waals surface area contributed by atoms with Gasteiger partial charge in [0.2, 0.25) is 0 Å². The molecule has 1 amide bonds. The Balaban J connectivity index is 1.52. The molecule has 2 heterocycles. The molecule has 2 aromatic rings. The third kappa shape index (κ3) is 6.09. The molecular formula is C22H30N4OS. The maximum atomic E-state index is 12.6. The van der Waals surface area contributed by atoms with Gasteiger partial charge in [0.15, 0.2) is 5.96 Å². The third-order valence-electron chi connectivity index (χ3n) is 4.85. The van der Waals surface area contributed by atoms with Crippen molar-refractivity contribution in [3.05, 3.63) is 57.8 Å². The van der Waals surface area contributed by atoms with Crippen LogP contribution in [0.3, 0.4) is 0 Å². The van der Waals surface area contributed by atoms with E-state index >= 15 is 0 Å². The van der Waals surface area contributed by atoms with Crippen LogP contribution in [0.2, 0.25) is 0 Å². The smallest absolute Gasteiger partial charge is 0.253 e. The quantitative estimate of drug-likeness (QED) is 0.553. The summed E-state index contributed by atoms with van der Waals surface area (Å²) in [7, 11) is 0. The number of rotatable bonds is 7. The lowest BCUT2D eigenvalue weighted by Crippen LogP contribution is -2.38. The van der Waals surface area contributed by atoms with Crippen LogP contribution < -0.4 is 10.6 Å². The van der Waals surface area contributed by atoms with Crippen molar-refractivity contribution < 1.29 is 4.79 Å². The number of aliphatic imine (C=N–C) groups is 1. The lowest BCUT2D eigenvalue weighted by Gasteiger charge is -2.26. The highest BCUT2D eigenvalue weighted by molar-refractivity contribution is 7.09. The number of thiophene rings is 1. The molecular weight excluding hydrogens is 368 g/mol. The van der Waals surface area contributed by atoms with E-state index in [1.807, 2.05) is 29.2 Å². The van der Waals surface area contributed by atoms with Crippen molar-refractivity contribution in [2.75, 3.05) is 26.2 Å². The summed E-state index contributed by atoms with van der Waals surface area (Å²) in [6.45, 7) is 6.11. The fraction of sp³-hybridized carbons (Fsp3) is 0.455. The molecule has 1 aliphatic heterocycles. The lowest BCUT2D eigenvalue weighted by molar-refractivity contribution is 0.0724. The van der Waals surface area contributed by atoms with E-state index < -0.39 is 0 Å². The highest BCUT2D eigenvalue weighted by Gasteiger charge is 2.17. The van der Waals surface area contributed by atoms with Crippen molar-refractivity contribution >= 4 is 23.2 Å². The zero-order chi connectivity index (χ0) is 19.6. The molecule has 2 N–H and O–H groups in total. The molecule has 0 radical (unpaired) electrons. The summed E-state index contributed by atoms with van der Waals surface area (Å²) in [5.41, 5.74) is 1.88. The zero-order valence-electron chi connectivity index (χ0n) is 16.6. The van der Waals surface area contributed by atoms with E-state index in [-0.39, 0.29) is 5.91 Å². The van der Waals surface area contributed by atoms with Gasteiger partial charge in [-0.15, -0.1) is 11.3 Å². The van der Waals surface area contributed by atoms with Crippen LogP contribution in [0.4, 0.5) is 0 Å². The lowest BCUT2D eigenvalue weighted by atomic mass is 10.1. The molecule has 0 bridgehead atoms. The molecule has 0 spiro atoms. The van der Waals surface area contributed by atoms with Crippen LogP contribution in [0.15, 0.2) is 46.8 Å². The third-order valence-corrected chi connectivity index (χ3v) is 5.79. The predicted octanol–water partition coefficient (Wildman–Crippen LogP) is 3.67. The highest BCUT2D eigenvalue weighted by atomic mass is 32.1. The fourth-order valence-corrected chi connectivity index (χ4v) is 4.01. The van der Waals surface area contributed by atoms with E-state index in [1.54, 1.807) is 11.3 Å². The Labute approximate surface area is 171 Å². The summed E-state index contributed by atoms with van der Waals surface area (Å²) >= 11 is 1.78. The first-order chi connectivity index (χ1) is 13.8. The Kier molecular flexibility index (Phi) is 7.91. The average Bonchev–Trinajstić information content (AvgIpc) is 3.26. The maximum absolute atomic E-state index is 12.6. The molecule has 28 heavy (non-hydrogen) atoms. The molecule has 6 heteroatoms. The van der Waals surface area contributed by atoms with Crippen molar-refractivity contribution in [2.24, 2.45) is 4.99 Å². The second-order valence-corrected chi connectivity index (χ2v) is 8.03. The number of carbonyl (C=O) groups is 1. The maximum Gasteiger partial charge on any atom is 0.253 e. The number of nitrogens with one attached hydrogen (secondary N) is 2. The molecule has 5 nitrogen and oxygen atoms in total. The molecule has 1 saturated heterocycles. The molecule has 1 aliphatic rings. The summed E-state index contributed by atoms with van der Waals surface area (Å²) in [6, 6.07) is 12.1. The second-order valence-electron chi connectivity index (χ2n) is 7.00. The van der Waals surface area contributed by atoms with E-state index in [0.717, 1.165) is 62.5 Å². The van der Waals surface area contributed by atoms with Gasteiger partial charge < -0.3 is 15.5 Å². The first-order valence-corrected chi connectivity index (χ1v) is 11.1. The molecule has 0 saturated carbocycles. The Hall–Kier alpha value is -2.34. The summed E-state index contributed by atoms with van der Waals surface area (Å²) < 4.78 is 0. The number of hydrogen-bond acceptors (Lipinski definition) is 3. The van der Waals surface area contributed by atoms with E-state index in [2.05, 4.69) is 40.1 Å². The standard InChI is InChI=1S/C22H30N4OS/c1-2-23-22(24-13-12-20-7-6-16-28-20)25-17-18-8-10-19(11-9-18)21(27)26-14-4-3-5-15-26/h6-11,16H,2-5,12-15,17H2,1H3,(H2,23,24,25). The van der Waals surface area contributed by atoms with E-state index in [4.69, 9.17) is 0 Å². The molecule has 1 fully saturated rings. The number of hydrogen-bond donors (Lipinski definition) is 2. The Morgan fingerprint density at radius 2 is 1.89 bits per heavy atom. The number of guanidine groups is 1. The molecule has 0 unspecified atom stereocenters. The molecule has 150 valence electrons. The van der Waals surface area contributed by atoms with Gasteiger partial charge in [0.05, 0.1) is 6.54 Å². The van der Waals surface area contributed by atoms with Crippen LogP contribution in [-0.2, 0) is 13.0 Å². The van der Waals surface area contributed by atoms with Gasteiger partial charge in [-0.3, -0.25) is 4.79 Å². The minimum absolute atomic E-state index is 0.151. The first kappa shape index (κ1) is 20.4. The topological polar surface area (TPSA) is 56.7 Å². The van der Waals surface area contributed by atoms with Crippen molar-refractivity contribution in [1.29, 1.82) is 0 Å². The van der Waals surface area contributed by atoms with Gasteiger partial charge in [0.25, 0.3) is 5.91 Å². The Bertz CT molecular complexity index is 749. The van der Waals surface area contributed by atoms with E-state index in [0.29, 0.717) is 6.54 Å². The second kappa shape index (κ2) is 10.9. The number of amides is 1. The molecule has 1 aromatic heterocycles. The molecule has 0 atom stereocenters. The van der Waals surface area contributed by atoms with Crippen molar-refractivity contribution in [1.82, 2.24) is 15.5 Å². The van der Waals surface area contributed by atoms with Gasteiger partial charge in [-0.1, -0.05) is 18.2 Å². The van der Waals surface area contributed by atoms with Crippen LogP contribution in [-0.4, -0.2) is 42.9 Å². The number of benzene rings is 1. The normalized spacial score (nSPS) is 14.8. The first-order valence-electron chi connectivity index (χ1n) is 10.2. The number of likely N-dealkylation sites (tertiary alicyclic amines) is 1. The van der Waals surface area contributed by atoms with Crippen LogP contribution in [0.1, 0.15) is 47.0 Å². The van der Waals surface area contributed by atoms with E-state index in [1.165, 1.54) is 11.3 Å². The van der Waals surface area contributed by atoms with Gasteiger partial charge in [0.1, 0.15) is 0 Å². The predicted molar refractivity (Wildman–Crippen MR) is 117 cm³/mol. The number of carbonyl (C=O) groups excluding carboxylic acids is 1. The SMILES string of the molecule is CCNC(=NCc1ccc(C(=O)N2CCCCC2)cc1)NCCc1cccs1. The fourth-order valence-electron chi connectivity index (χ4n) is 3.30. The van der Waals surface area contributed by atoms with Gasteiger partial charge in [-0.05, 0) is 61.7 Å². The summed E-state index contributed by atoms with van der Waals surface area (Å²) in [5.74, 6) is 0.978. The minimum atomic E-state index is 0.151. The Morgan fingerprint density at radius 1 is 1.11 bits per heavy atom. The van der Waals surface area contributed by atoms with Crippen LogP contribution in [0, 0.1) is 0 Å². The molecule has 1 aromatic carbocycles. The van der Waals surface area contributed by atoms with Crippen molar-refractivity contribution in [3.63, 3.8) is 0 Å². The van der Waals surface area contributed by atoms with Crippen LogP contribution in [0.5, 0.6) is 0 Å². The summed E-state index contributed by atoms with van der Waals surface area (Å²) in [6.07, 6.45) is 4.46. The van der Waals surface area contributed by atoms with Gasteiger partial charge in [0, 0.05) is 36.6 Å². The van der Waals surface area contributed by atoms with E-state index in [9.17, 15) is 4.79 Å². The number of nitrogens with zero attached hydrogens (tertiary/aromatic N) is 2. The van der Waals surface area contributed by atoms with Gasteiger partial charge in [-0.2, -0.15) is 0 Å². The Morgan fingerprint density at radius 3 is 2.57 bits per heavy atom. The van der Waals surface area contributed by atoms with Gasteiger partial charge >= 0.3 is 0 Å². The molecule has 0 aliphatic carbocycles. The summed E-state index contributed by atoms with van der Waals surface area (Å²) in [5, 5.41) is 8.78. The zero-order valence-corrected chi connectivity index (χ0v) is 17.4.